The molecule has 2 atom stereocenters. The van der Waals surface area contributed by atoms with Crippen molar-refractivity contribution in [2.75, 3.05) is 19.1 Å². The summed E-state index contributed by atoms with van der Waals surface area (Å²) in [6.45, 7) is 2.14. The average Bonchev–Trinajstić information content (AvgIpc) is 2.95. The minimum absolute atomic E-state index is 0.110. The Morgan fingerprint density at radius 2 is 1.88 bits per heavy atom. The predicted molar refractivity (Wildman–Crippen MR) is 127 cm³/mol. The number of ether oxygens (including phenoxy) is 1. The molecule has 4 rings (SSSR count). The molecule has 2 amide bonds. The molecule has 6 nitrogen and oxygen atoms in total. The number of hydrogen-bond donors (Lipinski definition) is 2. The van der Waals surface area contributed by atoms with Crippen LogP contribution in [0.25, 0.3) is 10.8 Å². The van der Waals surface area contributed by atoms with Gasteiger partial charge in [0, 0.05) is 11.3 Å². The Kier molecular flexibility index (Phi) is 6.42. The number of amides is 2. The average molecular weight is 432 g/mol. The first-order valence-electron chi connectivity index (χ1n) is 10.9. The number of para-hydroxylation sites is 1. The Morgan fingerprint density at radius 1 is 1.12 bits per heavy atom. The second-order valence-electron chi connectivity index (χ2n) is 8.13. The fourth-order valence-corrected chi connectivity index (χ4v) is 4.27. The lowest BCUT2D eigenvalue weighted by Crippen LogP contribution is -2.52. The molecule has 1 aliphatic rings. The zero-order chi connectivity index (χ0) is 22.7. The number of methoxy groups -OCH3 is 1. The Balaban J connectivity index is 1.76. The van der Waals surface area contributed by atoms with Gasteiger partial charge in [-0.15, -0.1) is 0 Å². The first-order chi connectivity index (χ1) is 15.5. The van der Waals surface area contributed by atoms with E-state index in [2.05, 4.69) is 28.8 Å². The zero-order valence-corrected chi connectivity index (χ0v) is 18.7. The molecule has 0 saturated heterocycles. The predicted octanol–water partition coefficient (Wildman–Crippen LogP) is 3.42. The third-order valence-electron chi connectivity index (χ3n) is 6.23. The maximum atomic E-state index is 13.7. The molecular weight excluding hydrogens is 402 g/mol. The summed E-state index contributed by atoms with van der Waals surface area (Å²) in [6, 6.07) is 19.1. The standard InChI is InChI=1S/C26H29N3O3/c1-17(27-2)25(30)28-22-14-12-19-9-5-7-11-23(19)29(26(22)31)16-21-20-10-6-4-8-18(20)13-15-24(21)32-3/h4-11,13,15,17,22,27H,12,14,16H2,1-3H3,(H,28,30)/t17-,22-/m0/s1. The molecule has 0 fully saturated rings. The molecule has 0 spiro atoms. The molecule has 0 bridgehead atoms. The molecule has 6 heteroatoms. The summed E-state index contributed by atoms with van der Waals surface area (Å²) in [5.41, 5.74) is 2.92. The van der Waals surface area contributed by atoms with Gasteiger partial charge >= 0.3 is 0 Å². The van der Waals surface area contributed by atoms with Crippen LogP contribution < -0.4 is 20.3 Å². The second-order valence-corrected chi connectivity index (χ2v) is 8.13. The van der Waals surface area contributed by atoms with Gasteiger partial charge in [-0.2, -0.15) is 0 Å². The number of carbonyl (C=O) groups excluding carboxylic acids is 2. The monoisotopic (exact) mass is 431 g/mol. The Morgan fingerprint density at radius 3 is 2.66 bits per heavy atom. The molecule has 3 aromatic carbocycles. The largest absolute Gasteiger partial charge is 0.496 e. The number of anilines is 1. The van der Waals surface area contributed by atoms with Gasteiger partial charge in [0.25, 0.3) is 0 Å². The molecule has 166 valence electrons. The van der Waals surface area contributed by atoms with Crippen molar-refractivity contribution in [1.82, 2.24) is 10.6 Å². The number of rotatable bonds is 6. The molecule has 0 radical (unpaired) electrons. The molecule has 0 aromatic heterocycles. The van der Waals surface area contributed by atoms with Crippen LogP contribution in [-0.2, 0) is 22.6 Å². The van der Waals surface area contributed by atoms with Gasteiger partial charge in [-0.1, -0.05) is 48.5 Å². The summed E-state index contributed by atoms with van der Waals surface area (Å²) in [6.07, 6.45) is 1.27. The quantitative estimate of drug-likeness (QED) is 0.628. The third-order valence-corrected chi connectivity index (χ3v) is 6.23. The number of aryl methyl sites for hydroxylation is 1. The fourth-order valence-electron chi connectivity index (χ4n) is 4.27. The van der Waals surface area contributed by atoms with E-state index >= 15 is 0 Å². The van der Waals surface area contributed by atoms with Crippen molar-refractivity contribution in [1.29, 1.82) is 0 Å². The summed E-state index contributed by atoms with van der Waals surface area (Å²) < 4.78 is 5.67. The highest BCUT2D eigenvalue weighted by molar-refractivity contribution is 6.01. The highest BCUT2D eigenvalue weighted by Crippen LogP contribution is 2.34. The maximum absolute atomic E-state index is 13.7. The van der Waals surface area contributed by atoms with Crippen molar-refractivity contribution < 1.29 is 14.3 Å². The molecule has 1 aliphatic heterocycles. The molecule has 3 aromatic rings. The molecule has 2 N–H and O–H groups in total. The van der Waals surface area contributed by atoms with E-state index in [0.29, 0.717) is 19.4 Å². The number of benzene rings is 3. The molecule has 1 heterocycles. The minimum atomic E-state index is -0.591. The van der Waals surface area contributed by atoms with Crippen molar-refractivity contribution >= 4 is 28.3 Å². The second kappa shape index (κ2) is 9.40. The normalized spacial score (nSPS) is 16.9. The highest BCUT2D eigenvalue weighted by Gasteiger charge is 2.32. The summed E-state index contributed by atoms with van der Waals surface area (Å²) in [5.74, 6) is 0.448. The topological polar surface area (TPSA) is 70.7 Å². The molecule has 0 saturated carbocycles. The summed E-state index contributed by atoms with van der Waals surface area (Å²) in [4.78, 5) is 28.1. The van der Waals surface area contributed by atoms with Crippen LogP contribution in [0.2, 0.25) is 0 Å². The van der Waals surface area contributed by atoms with Crippen LogP contribution in [0.3, 0.4) is 0 Å². The molecular formula is C26H29N3O3. The van der Waals surface area contributed by atoms with Crippen LogP contribution in [0, 0.1) is 0 Å². The van der Waals surface area contributed by atoms with Crippen LogP contribution in [0.5, 0.6) is 5.75 Å². The lowest BCUT2D eigenvalue weighted by Gasteiger charge is -2.28. The lowest BCUT2D eigenvalue weighted by atomic mass is 10.0. The Bertz CT molecular complexity index is 1140. The molecule has 0 aliphatic carbocycles. The number of nitrogens with one attached hydrogen (secondary N) is 2. The van der Waals surface area contributed by atoms with E-state index < -0.39 is 6.04 Å². The SMILES string of the molecule is CN[C@@H](C)C(=O)N[C@H]1CCc2ccccc2N(Cc2c(OC)ccc3ccccc23)C1=O. The number of hydrogen-bond acceptors (Lipinski definition) is 4. The van der Waals surface area contributed by atoms with Gasteiger partial charge in [0.15, 0.2) is 0 Å². The van der Waals surface area contributed by atoms with E-state index in [1.165, 1.54) is 0 Å². The minimum Gasteiger partial charge on any atom is -0.496 e. The van der Waals surface area contributed by atoms with Crippen LogP contribution in [0.4, 0.5) is 5.69 Å². The van der Waals surface area contributed by atoms with E-state index in [1.807, 2.05) is 42.5 Å². The van der Waals surface area contributed by atoms with Crippen molar-refractivity contribution in [3.8, 4) is 5.75 Å². The third kappa shape index (κ3) is 4.18. The van der Waals surface area contributed by atoms with Gasteiger partial charge < -0.3 is 20.3 Å². The summed E-state index contributed by atoms with van der Waals surface area (Å²) in [5, 5.41) is 8.02. The van der Waals surface area contributed by atoms with Gasteiger partial charge in [-0.05, 0) is 55.3 Å². The van der Waals surface area contributed by atoms with Gasteiger partial charge in [0.05, 0.1) is 19.7 Å². The first kappa shape index (κ1) is 21.8. The number of nitrogens with zero attached hydrogens (tertiary/aromatic N) is 1. The van der Waals surface area contributed by atoms with E-state index in [0.717, 1.165) is 33.3 Å². The van der Waals surface area contributed by atoms with Gasteiger partial charge in [0.1, 0.15) is 11.8 Å². The van der Waals surface area contributed by atoms with Gasteiger partial charge in [-0.3, -0.25) is 9.59 Å². The first-order valence-corrected chi connectivity index (χ1v) is 10.9. The van der Waals surface area contributed by atoms with E-state index in [4.69, 9.17) is 4.74 Å². The van der Waals surface area contributed by atoms with Gasteiger partial charge in [-0.25, -0.2) is 0 Å². The van der Waals surface area contributed by atoms with Crippen LogP contribution in [0.1, 0.15) is 24.5 Å². The zero-order valence-electron chi connectivity index (χ0n) is 18.7. The van der Waals surface area contributed by atoms with Crippen LogP contribution >= 0.6 is 0 Å². The van der Waals surface area contributed by atoms with Crippen molar-refractivity contribution in [2.45, 2.75) is 38.4 Å². The van der Waals surface area contributed by atoms with Crippen LogP contribution in [-0.4, -0.2) is 38.1 Å². The summed E-state index contributed by atoms with van der Waals surface area (Å²) >= 11 is 0. The Labute approximate surface area is 188 Å². The van der Waals surface area contributed by atoms with Crippen molar-refractivity contribution in [3.05, 3.63) is 71.8 Å². The maximum Gasteiger partial charge on any atom is 0.249 e. The molecule has 0 unspecified atom stereocenters. The van der Waals surface area contributed by atoms with Crippen molar-refractivity contribution in [2.24, 2.45) is 0 Å². The number of carbonyl (C=O) groups is 2. The van der Waals surface area contributed by atoms with Crippen LogP contribution in [0.15, 0.2) is 60.7 Å². The van der Waals surface area contributed by atoms with E-state index in [1.54, 1.807) is 26.0 Å². The van der Waals surface area contributed by atoms with E-state index in [-0.39, 0.29) is 17.9 Å². The smallest absolute Gasteiger partial charge is 0.249 e. The Hall–Kier alpha value is -3.38. The van der Waals surface area contributed by atoms with E-state index in [9.17, 15) is 9.59 Å². The molecule has 32 heavy (non-hydrogen) atoms. The lowest BCUT2D eigenvalue weighted by molar-refractivity contribution is -0.128. The van der Waals surface area contributed by atoms with Crippen molar-refractivity contribution in [3.63, 3.8) is 0 Å². The van der Waals surface area contributed by atoms with Gasteiger partial charge in [0.2, 0.25) is 11.8 Å². The highest BCUT2D eigenvalue weighted by atomic mass is 16.5. The number of fused-ring (bicyclic) bond motifs is 2. The summed E-state index contributed by atoms with van der Waals surface area (Å²) in [7, 11) is 3.38. The fraction of sp³-hybridized carbons (Fsp3) is 0.308. The number of likely N-dealkylation sites (N-methyl/N-ethyl adjacent to an activating group) is 1.